The Labute approximate surface area is 238 Å². The van der Waals surface area contributed by atoms with Crippen LogP contribution in [-0.4, -0.2) is 71.1 Å². The molecule has 3 heterocycles. The number of ether oxygens (including phenoxy) is 3. The second-order valence-electron chi connectivity index (χ2n) is 9.92. The van der Waals surface area contributed by atoms with Crippen molar-refractivity contribution in [2.24, 2.45) is 7.05 Å². The molecule has 0 unspecified atom stereocenters. The van der Waals surface area contributed by atoms with Gasteiger partial charge in [-0.25, -0.2) is 9.18 Å². The van der Waals surface area contributed by atoms with E-state index < -0.39 is 46.9 Å². The number of benzene rings is 2. The van der Waals surface area contributed by atoms with Crippen LogP contribution in [0.4, 0.5) is 4.39 Å². The van der Waals surface area contributed by atoms with Crippen molar-refractivity contribution < 1.29 is 33.0 Å². The fourth-order valence-electron chi connectivity index (χ4n) is 4.82. The Balaban J connectivity index is 1.49. The molecule has 0 spiro atoms. The Morgan fingerprint density at radius 2 is 1.93 bits per heavy atom. The number of likely N-dealkylation sites (tertiary alicyclic amines) is 1. The van der Waals surface area contributed by atoms with Crippen LogP contribution in [0.25, 0.3) is 0 Å². The van der Waals surface area contributed by atoms with E-state index in [-0.39, 0.29) is 55.3 Å². The van der Waals surface area contributed by atoms with Gasteiger partial charge in [0.15, 0.2) is 18.1 Å². The summed E-state index contributed by atoms with van der Waals surface area (Å²) < 4.78 is 32.6. The van der Waals surface area contributed by atoms with E-state index in [2.05, 4.69) is 15.6 Å². The fraction of sp³-hybridized carbons (Fsp3) is 0.321. The maximum Gasteiger partial charge on any atom is 0.328 e. The number of halogens is 1. The van der Waals surface area contributed by atoms with E-state index in [1.807, 2.05) is 0 Å². The molecule has 2 aliphatic heterocycles. The van der Waals surface area contributed by atoms with E-state index in [4.69, 9.17) is 14.2 Å². The number of methoxy groups -OCH3 is 1. The largest absolute Gasteiger partial charge is 0.493 e. The summed E-state index contributed by atoms with van der Waals surface area (Å²) in [5.74, 6) is -1.60. The minimum atomic E-state index is -0.825. The topological polar surface area (TPSA) is 161 Å². The molecule has 1 aromatic heterocycles. The van der Waals surface area contributed by atoms with Crippen LogP contribution in [0.3, 0.4) is 0 Å². The zero-order chi connectivity index (χ0) is 30.0. The monoisotopic (exact) mass is 581 g/mol. The van der Waals surface area contributed by atoms with Gasteiger partial charge in [-0.1, -0.05) is 0 Å². The number of fused-ring (bicyclic) bond motifs is 5. The lowest BCUT2D eigenvalue weighted by molar-refractivity contribution is -0.123. The van der Waals surface area contributed by atoms with Crippen LogP contribution in [-0.2, 0) is 18.4 Å². The summed E-state index contributed by atoms with van der Waals surface area (Å²) in [5, 5.41) is 5.54. The highest BCUT2D eigenvalue weighted by Gasteiger charge is 2.36. The first-order chi connectivity index (χ1) is 20.1. The number of amides is 3. The van der Waals surface area contributed by atoms with Gasteiger partial charge < -0.3 is 34.3 Å². The first kappa shape index (κ1) is 28.4. The molecule has 0 saturated carbocycles. The molecule has 2 aromatic carbocycles. The number of carbonyl (C=O) groups excluding carboxylic acids is 3. The predicted octanol–water partition coefficient (Wildman–Crippen LogP) is 0.322. The molecule has 3 amide bonds. The molecule has 2 aliphatic rings. The van der Waals surface area contributed by atoms with E-state index in [1.54, 1.807) is 6.07 Å². The lowest BCUT2D eigenvalue weighted by atomic mass is 10.00. The van der Waals surface area contributed by atoms with Gasteiger partial charge in [-0.05, 0) is 35.9 Å². The summed E-state index contributed by atoms with van der Waals surface area (Å²) in [6.07, 6.45) is 0.692. The zero-order valence-corrected chi connectivity index (χ0v) is 22.8. The first-order valence-electron chi connectivity index (χ1n) is 13.0. The number of aromatic amines is 1. The number of hydrogen-bond acceptors (Lipinski definition) is 8. The van der Waals surface area contributed by atoms with Crippen molar-refractivity contribution in [1.29, 1.82) is 0 Å². The Bertz CT molecular complexity index is 1670. The van der Waals surface area contributed by atoms with Gasteiger partial charge >= 0.3 is 5.69 Å². The van der Waals surface area contributed by atoms with Crippen molar-refractivity contribution in [3.05, 3.63) is 85.9 Å². The first-order valence-corrected chi connectivity index (χ1v) is 13.0. The third-order valence-corrected chi connectivity index (χ3v) is 6.98. The Morgan fingerprint density at radius 3 is 2.71 bits per heavy atom. The summed E-state index contributed by atoms with van der Waals surface area (Å²) in [6.45, 7) is -0.271. The van der Waals surface area contributed by atoms with Crippen LogP contribution in [0.5, 0.6) is 17.2 Å². The average Bonchev–Trinajstić information content (AvgIpc) is 2.96. The minimum absolute atomic E-state index is 0.00865. The van der Waals surface area contributed by atoms with Crippen molar-refractivity contribution in [1.82, 2.24) is 25.1 Å². The minimum Gasteiger partial charge on any atom is -0.493 e. The Kier molecular flexibility index (Phi) is 7.95. The predicted molar refractivity (Wildman–Crippen MR) is 145 cm³/mol. The van der Waals surface area contributed by atoms with Gasteiger partial charge in [0.05, 0.1) is 13.2 Å². The molecule has 0 aliphatic carbocycles. The van der Waals surface area contributed by atoms with E-state index >= 15 is 0 Å². The van der Waals surface area contributed by atoms with Crippen molar-refractivity contribution in [2.75, 3.05) is 26.8 Å². The quantitative estimate of drug-likeness (QED) is 0.390. The molecule has 1 fully saturated rings. The van der Waals surface area contributed by atoms with Crippen molar-refractivity contribution in [3.8, 4) is 17.2 Å². The molecule has 5 rings (SSSR count). The highest BCUT2D eigenvalue weighted by Crippen LogP contribution is 2.29. The van der Waals surface area contributed by atoms with E-state index in [9.17, 15) is 28.4 Å². The lowest BCUT2D eigenvalue weighted by Gasteiger charge is -2.38. The standard InChI is InChI=1S/C28H28FN5O8/c1-33-12-19(26(37)32-28(33)39)27(38)34-6-5-21-20(13-34)31-25(36)16-3-4-22(40-2)23(9-16)41-14-24(35)30-11-15-7-17(29)10-18(8-15)42-21/h3-4,7-10,12,20-21H,5-6,11,13-14H2,1-2H3,(H,30,35)(H,31,36)(H,32,37,39)/t20-,21+/m0/s1. The number of H-pyrrole nitrogens is 1. The molecule has 14 heteroatoms. The van der Waals surface area contributed by atoms with Gasteiger partial charge in [-0.3, -0.25) is 24.2 Å². The summed E-state index contributed by atoms with van der Waals surface area (Å²) in [5.41, 5.74) is -1.10. The molecule has 1 saturated heterocycles. The number of carbonyl (C=O) groups is 3. The number of nitrogens with one attached hydrogen (secondary N) is 3. The molecule has 2 atom stereocenters. The van der Waals surface area contributed by atoms with Crippen LogP contribution in [0.2, 0.25) is 0 Å². The van der Waals surface area contributed by atoms with Gasteiger partial charge in [-0.15, -0.1) is 0 Å². The fourth-order valence-corrected chi connectivity index (χ4v) is 4.82. The molecular weight excluding hydrogens is 553 g/mol. The molecule has 13 nitrogen and oxygen atoms in total. The van der Waals surface area contributed by atoms with Gasteiger partial charge in [0.25, 0.3) is 23.3 Å². The van der Waals surface area contributed by atoms with Gasteiger partial charge in [0, 0.05) is 50.9 Å². The van der Waals surface area contributed by atoms with Crippen LogP contribution < -0.4 is 36.1 Å². The summed E-state index contributed by atoms with van der Waals surface area (Å²) in [4.78, 5) is 66.8. The summed E-state index contributed by atoms with van der Waals surface area (Å²) >= 11 is 0. The third-order valence-electron chi connectivity index (χ3n) is 6.98. The van der Waals surface area contributed by atoms with Crippen LogP contribution >= 0.6 is 0 Å². The highest BCUT2D eigenvalue weighted by atomic mass is 19.1. The molecule has 220 valence electrons. The Morgan fingerprint density at radius 1 is 1.12 bits per heavy atom. The number of rotatable bonds is 2. The van der Waals surface area contributed by atoms with Gasteiger partial charge in [0.2, 0.25) is 0 Å². The van der Waals surface area contributed by atoms with E-state index in [0.717, 1.165) is 10.8 Å². The van der Waals surface area contributed by atoms with E-state index in [0.29, 0.717) is 11.3 Å². The Hall–Kier alpha value is -5.14. The SMILES string of the molecule is COc1ccc2cc1OCC(=O)NCc1cc(F)cc(c1)O[C@@H]1CCN(C(=O)c3cn(C)c(=O)[nH]c3=O)C[C@@H]1NC2=O. The lowest BCUT2D eigenvalue weighted by Crippen LogP contribution is -2.58. The zero-order valence-electron chi connectivity index (χ0n) is 22.8. The molecule has 3 aromatic rings. The highest BCUT2D eigenvalue weighted by molar-refractivity contribution is 5.96. The van der Waals surface area contributed by atoms with Crippen LogP contribution in [0.15, 0.2) is 52.2 Å². The number of nitrogens with zero attached hydrogens (tertiary/aromatic N) is 2. The number of hydrogen-bond donors (Lipinski definition) is 3. The number of aromatic nitrogens is 2. The number of piperidine rings is 1. The summed E-state index contributed by atoms with van der Waals surface area (Å²) in [7, 11) is 2.82. The van der Waals surface area contributed by atoms with Crippen molar-refractivity contribution in [2.45, 2.75) is 25.1 Å². The summed E-state index contributed by atoms with van der Waals surface area (Å²) in [6, 6.07) is 7.69. The number of aryl methyl sites for hydroxylation is 1. The van der Waals surface area contributed by atoms with Gasteiger partial charge in [0.1, 0.15) is 23.2 Å². The second-order valence-corrected chi connectivity index (χ2v) is 9.92. The van der Waals surface area contributed by atoms with Crippen LogP contribution in [0.1, 0.15) is 32.7 Å². The molecule has 42 heavy (non-hydrogen) atoms. The van der Waals surface area contributed by atoms with Crippen LogP contribution in [0, 0.1) is 5.82 Å². The maximum absolute atomic E-state index is 14.5. The van der Waals surface area contributed by atoms with Gasteiger partial charge in [-0.2, -0.15) is 0 Å². The molecule has 4 bridgehead atoms. The van der Waals surface area contributed by atoms with E-state index in [1.165, 1.54) is 49.4 Å². The smallest absolute Gasteiger partial charge is 0.328 e. The third kappa shape index (κ3) is 6.11. The molecule has 3 N–H and O–H groups in total. The average molecular weight is 582 g/mol. The van der Waals surface area contributed by atoms with Crippen molar-refractivity contribution in [3.63, 3.8) is 0 Å². The normalized spacial score (nSPS) is 19.0. The molecule has 0 radical (unpaired) electrons. The molecular formula is C28H28FN5O8. The van der Waals surface area contributed by atoms with Crippen molar-refractivity contribution >= 4 is 17.7 Å². The maximum atomic E-state index is 14.5. The second kappa shape index (κ2) is 11.8.